The molecule has 1 aliphatic heterocycles. The third kappa shape index (κ3) is 5.39. The van der Waals surface area contributed by atoms with E-state index in [4.69, 9.17) is 4.74 Å². The van der Waals surface area contributed by atoms with Gasteiger partial charge in [-0.25, -0.2) is 0 Å². The summed E-state index contributed by atoms with van der Waals surface area (Å²) in [5.41, 5.74) is 1.51. The van der Waals surface area contributed by atoms with E-state index in [1.165, 1.54) is 17.7 Å². The number of alkyl halides is 3. The monoisotopic (exact) mass is 394 g/mol. The fraction of sp³-hybridized carbons (Fsp3) is 0.350. The summed E-state index contributed by atoms with van der Waals surface area (Å²) in [5.74, 6) is 0.279. The van der Waals surface area contributed by atoms with E-state index in [0.717, 1.165) is 37.5 Å². The molecule has 0 spiro atoms. The number of carbonyl (C=O) groups excluding carboxylic acids is 1. The number of ether oxygens (including phenoxy) is 2. The van der Waals surface area contributed by atoms with Crippen LogP contribution in [0, 0.1) is 0 Å². The molecule has 5 nitrogen and oxygen atoms in total. The van der Waals surface area contributed by atoms with Gasteiger partial charge in [0, 0.05) is 38.3 Å². The standard InChI is InChI=1S/C20H21F3N2O3/c1-27-17-6-2-15(3-7-17)14-24-10-12-25(13-11-24)19(26)16-4-8-18(9-5-16)28-20(21,22)23/h2-9H,10-14H2,1H3. The zero-order chi connectivity index (χ0) is 20.1. The topological polar surface area (TPSA) is 42.0 Å². The van der Waals surface area contributed by atoms with Crippen LogP contribution in [0.4, 0.5) is 13.2 Å². The van der Waals surface area contributed by atoms with Gasteiger partial charge in [0.2, 0.25) is 0 Å². The van der Waals surface area contributed by atoms with Crippen molar-refractivity contribution in [3.63, 3.8) is 0 Å². The Morgan fingerprint density at radius 1 is 0.929 bits per heavy atom. The molecule has 0 aromatic heterocycles. The van der Waals surface area contributed by atoms with Crippen LogP contribution in [0.25, 0.3) is 0 Å². The lowest BCUT2D eigenvalue weighted by Crippen LogP contribution is -2.48. The summed E-state index contributed by atoms with van der Waals surface area (Å²) in [4.78, 5) is 16.5. The Balaban J connectivity index is 1.51. The van der Waals surface area contributed by atoms with Crippen LogP contribution in [0.2, 0.25) is 0 Å². The number of benzene rings is 2. The van der Waals surface area contributed by atoms with Crippen LogP contribution in [0.5, 0.6) is 11.5 Å². The van der Waals surface area contributed by atoms with E-state index >= 15 is 0 Å². The number of amides is 1. The summed E-state index contributed by atoms with van der Waals surface area (Å²) in [6.45, 7) is 3.38. The molecule has 1 aliphatic rings. The Hall–Kier alpha value is -2.74. The van der Waals surface area contributed by atoms with Crippen LogP contribution in [0.15, 0.2) is 48.5 Å². The van der Waals surface area contributed by atoms with Gasteiger partial charge in [-0.3, -0.25) is 9.69 Å². The van der Waals surface area contributed by atoms with Crippen LogP contribution in [-0.4, -0.2) is 55.4 Å². The summed E-state index contributed by atoms with van der Waals surface area (Å²) in [6, 6.07) is 12.9. The van der Waals surface area contributed by atoms with E-state index in [9.17, 15) is 18.0 Å². The number of piperazine rings is 1. The Labute approximate surface area is 161 Å². The average molecular weight is 394 g/mol. The molecule has 0 saturated carbocycles. The molecule has 1 saturated heterocycles. The maximum atomic E-state index is 12.6. The Kier molecular flexibility index (Phi) is 6.08. The predicted octanol–water partition coefficient (Wildman–Crippen LogP) is 3.55. The van der Waals surface area contributed by atoms with E-state index in [1.807, 2.05) is 24.3 Å². The molecule has 2 aromatic carbocycles. The van der Waals surface area contributed by atoms with Gasteiger partial charge in [-0.1, -0.05) is 12.1 Å². The number of hydrogen-bond acceptors (Lipinski definition) is 4. The van der Waals surface area contributed by atoms with Gasteiger partial charge in [-0.15, -0.1) is 13.2 Å². The maximum Gasteiger partial charge on any atom is 0.573 e. The fourth-order valence-electron chi connectivity index (χ4n) is 3.08. The van der Waals surface area contributed by atoms with Gasteiger partial charge < -0.3 is 14.4 Å². The smallest absolute Gasteiger partial charge is 0.497 e. The van der Waals surface area contributed by atoms with Crippen LogP contribution >= 0.6 is 0 Å². The molecule has 3 rings (SSSR count). The van der Waals surface area contributed by atoms with Gasteiger partial charge in [0.05, 0.1) is 7.11 Å². The van der Waals surface area contributed by atoms with Gasteiger partial charge in [0.15, 0.2) is 0 Å². The van der Waals surface area contributed by atoms with Crippen molar-refractivity contribution in [2.75, 3.05) is 33.3 Å². The van der Waals surface area contributed by atoms with Crippen molar-refractivity contribution in [3.05, 3.63) is 59.7 Å². The highest BCUT2D eigenvalue weighted by atomic mass is 19.4. The quantitative estimate of drug-likeness (QED) is 0.778. The summed E-state index contributed by atoms with van der Waals surface area (Å²) >= 11 is 0. The first-order chi connectivity index (χ1) is 13.3. The molecule has 0 bridgehead atoms. The highest BCUT2D eigenvalue weighted by molar-refractivity contribution is 5.94. The third-order valence-electron chi connectivity index (χ3n) is 4.56. The van der Waals surface area contributed by atoms with Crippen molar-refractivity contribution in [2.24, 2.45) is 0 Å². The second-order valence-electron chi connectivity index (χ2n) is 6.49. The van der Waals surface area contributed by atoms with Crippen molar-refractivity contribution in [1.29, 1.82) is 0 Å². The summed E-state index contributed by atoms with van der Waals surface area (Å²) in [5, 5.41) is 0. The van der Waals surface area contributed by atoms with Crippen molar-refractivity contribution >= 4 is 5.91 Å². The molecule has 0 N–H and O–H groups in total. The van der Waals surface area contributed by atoms with Crippen molar-refractivity contribution in [3.8, 4) is 11.5 Å². The molecule has 1 fully saturated rings. The lowest BCUT2D eigenvalue weighted by molar-refractivity contribution is -0.274. The van der Waals surface area contributed by atoms with Gasteiger partial charge >= 0.3 is 6.36 Å². The number of methoxy groups -OCH3 is 1. The maximum absolute atomic E-state index is 12.6. The van der Waals surface area contributed by atoms with Crippen molar-refractivity contribution in [1.82, 2.24) is 9.80 Å². The van der Waals surface area contributed by atoms with E-state index in [-0.39, 0.29) is 11.7 Å². The Morgan fingerprint density at radius 2 is 1.50 bits per heavy atom. The van der Waals surface area contributed by atoms with Crippen LogP contribution in [0.3, 0.4) is 0 Å². The van der Waals surface area contributed by atoms with Gasteiger partial charge in [-0.05, 0) is 42.0 Å². The second kappa shape index (κ2) is 8.52. The largest absolute Gasteiger partial charge is 0.573 e. The van der Waals surface area contributed by atoms with Crippen LogP contribution < -0.4 is 9.47 Å². The van der Waals surface area contributed by atoms with Crippen LogP contribution in [0.1, 0.15) is 15.9 Å². The molecule has 0 unspecified atom stereocenters. The first-order valence-corrected chi connectivity index (χ1v) is 8.84. The molecular weight excluding hydrogens is 373 g/mol. The summed E-state index contributed by atoms with van der Waals surface area (Å²) in [7, 11) is 1.63. The molecule has 0 radical (unpaired) electrons. The SMILES string of the molecule is COc1ccc(CN2CCN(C(=O)c3ccc(OC(F)(F)F)cc3)CC2)cc1. The molecule has 0 aliphatic carbocycles. The Bertz CT molecular complexity index is 784. The minimum atomic E-state index is -4.74. The zero-order valence-corrected chi connectivity index (χ0v) is 15.4. The number of halogens is 3. The van der Waals surface area contributed by atoms with E-state index in [0.29, 0.717) is 18.7 Å². The first-order valence-electron chi connectivity index (χ1n) is 8.84. The lowest BCUT2D eigenvalue weighted by Gasteiger charge is -2.34. The predicted molar refractivity (Wildman–Crippen MR) is 97.3 cm³/mol. The normalized spacial score (nSPS) is 15.4. The van der Waals surface area contributed by atoms with Crippen LogP contribution in [-0.2, 0) is 6.54 Å². The number of rotatable bonds is 5. The lowest BCUT2D eigenvalue weighted by atomic mass is 10.1. The average Bonchev–Trinajstić information content (AvgIpc) is 2.68. The van der Waals surface area contributed by atoms with Gasteiger partial charge in [0.1, 0.15) is 11.5 Å². The third-order valence-corrected chi connectivity index (χ3v) is 4.56. The highest BCUT2D eigenvalue weighted by Crippen LogP contribution is 2.23. The number of hydrogen-bond donors (Lipinski definition) is 0. The minimum absolute atomic E-state index is 0.192. The molecule has 8 heteroatoms. The second-order valence-corrected chi connectivity index (χ2v) is 6.49. The summed E-state index contributed by atoms with van der Waals surface area (Å²) in [6.07, 6.45) is -4.74. The van der Waals surface area contributed by atoms with Crippen molar-refractivity contribution in [2.45, 2.75) is 12.9 Å². The zero-order valence-electron chi connectivity index (χ0n) is 15.4. The molecule has 0 atom stereocenters. The van der Waals surface area contributed by atoms with E-state index in [2.05, 4.69) is 9.64 Å². The molecule has 150 valence electrons. The fourth-order valence-corrected chi connectivity index (χ4v) is 3.08. The molecule has 28 heavy (non-hydrogen) atoms. The molecule has 1 heterocycles. The first kappa shape index (κ1) is 20.0. The molecular formula is C20H21F3N2O3. The van der Waals surface area contributed by atoms with Gasteiger partial charge in [0.25, 0.3) is 5.91 Å². The highest BCUT2D eigenvalue weighted by Gasteiger charge is 2.31. The number of carbonyl (C=O) groups is 1. The summed E-state index contributed by atoms with van der Waals surface area (Å²) < 4.78 is 45.6. The minimum Gasteiger partial charge on any atom is -0.497 e. The van der Waals surface area contributed by atoms with E-state index in [1.54, 1.807) is 12.0 Å². The van der Waals surface area contributed by atoms with E-state index < -0.39 is 6.36 Å². The molecule has 1 amide bonds. The van der Waals surface area contributed by atoms with Gasteiger partial charge in [-0.2, -0.15) is 0 Å². The Morgan fingerprint density at radius 3 is 2.04 bits per heavy atom. The number of nitrogens with zero attached hydrogens (tertiary/aromatic N) is 2. The molecule has 2 aromatic rings. The van der Waals surface area contributed by atoms with Crippen molar-refractivity contribution < 1.29 is 27.4 Å².